The van der Waals surface area contributed by atoms with E-state index >= 15 is 0 Å². The van der Waals surface area contributed by atoms with E-state index in [2.05, 4.69) is 0 Å². The number of benzene rings is 1. The standard InChI is InChI=1S/C13H17NO3S/c15-13-7-6-10-8-14(9-12(10)13)18(16,17)11-4-2-1-3-5-11/h1-5,10,12-13,15H,6-9H2. The van der Waals surface area contributed by atoms with E-state index < -0.39 is 10.0 Å². The number of rotatable bonds is 2. The molecule has 0 spiro atoms. The number of hydrogen-bond acceptors (Lipinski definition) is 3. The van der Waals surface area contributed by atoms with Crippen molar-refractivity contribution in [1.82, 2.24) is 4.31 Å². The Morgan fingerprint density at radius 2 is 1.83 bits per heavy atom. The summed E-state index contributed by atoms with van der Waals surface area (Å²) in [5.74, 6) is 0.460. The van der Waals surface area contributed by atoms with Gasteiger partial charge in [0.05, 0.1) is 11.0 Å². The molecule has 1 aromatic rings. The Hall–Kier alpha value is -0.910. The number of fused-ring (bicyclic) bond motifs is 1. The summed E-state index contributed by atoms with van der Waals surface area (Å²) < 4.78 is 26.4. The van der Waals surface area contributed by atoms with Crippen molar-refractivity contribution in [3.05, 3.63) is 30.3 Å². The quantitative estimate of drug-likeness (QED) is 0.872. The van der Waals surface area contributed by atoms with Gasteiger partial charge in [-0.15, -0.1) is 0 Å². The summed E-state index contributed by atoms with van der Waals surface area (Å²) in [6, 6.07) is 8.53. The molecule has 0 radical (unpaired) electrons. The zero-order valence-corrected chi connectivity index (χ0v) is 10.9. The Kier molecular flexibility index (Phi) is 2.92. The third-order valence-corrected chi connectivity index (χ3v) is 6.01. The van der Waals surface area contributed by atoms with Gasteiger partial charge in [0.2, 0.25) is 10.0 Å². The maximum absolute atomic E-state index is 12.4. The van der Waals surface area contributed by atoms with Gasteiger partial charge in [-0.3, -0.25) is 0 Å². The van der Waals surface area contributed by atoms with Gasteiger partial charge < -0.3 is 5.11 Å². The highest BCUT2D eigenvalue weighted by Gasteiger charge is 2.45. The highest BCUT2D eigenvalue weighted by Crippen LogP contribution is 2.39. The van der Waals surface area contributed by atoms with E-state index in [9.17, 15) is 13.5 Å². The molecule has 2 aliphatic rings. The zero-order chi connectivity index (χ0) is 12.8. The first-order valence-corrected chi connectivity index (χ1v) is 7.76. The SMILES string of the molecule is O=S(=O)(c1ccccc1)N1CC2CCC(O)C2C1. The third-order valence-electron chi connectivity index (χ3n) is 4.17. The van der Waals surface area contributed by atoms with Crippen LogP contribution in [0.1, 0.15) is 12.8 Å². The van der Waals surface area contributed by atoms with Gasteiger partial charge in [0.25, 0.3) is 0 Å². The summed E-state index contributed by atoms with van der Waals surface area (Å²) in [5, 5.41) is 9.83. The molecule has 0 amide bonds. The first kappa shape index (κ1) is 12.1. The van der Waals surface area contributed by atoms with Crippen molar-refractivity contribution in [3.63, 3.8) is 0 Å². The lowest BCUT2D eigenvalue weighted by molar-refractivity contribution is 0.129. The molecular weight excluding hydrogens is 250 g/mol. The molecule has 0 bridgehead atoms. The van der Waals surface area contributed by atoms with Gasteiger partial charge in [-0.2, -0.15) is 4.31 Å². The van der Waals surface area contributed by atoms with Crippen LogP contribution in [0.3, 0.4) is 0 Å². The lowest BCUT2D eigenvalue weighted by Crippen LogP contribution is -2.31. The lowest BCUT2D eigenvalue weighted by Gasteiger charge is -2.18. The molecule has 4 nitrogen and oxygen atoms in total. The van der Waals surface area contributed by atoms with Gasteiger partial charge in [-0.25, -0.2) is 8.42 Å². The minimum atomic E-state index is -3.38. The number of aliphatic hydroxyl groups excluding tert-OH is 1. The molecule has 3 rings (SSSR count). The Labute approximate surface area is 107 Å². The van der Waals surface area contributed by atoms with Crippen molar-refractivity contribution in [3.8, 4) is 0 Å². The fourth-order valence-electron chi connectivity index (χ4n) is 3.13. The monoisotopic (exact) mass is 267 g/mol. The molecule has 1 N–H and O–H groups in total. The predicted octanol–water partition coefficient (Wildman–Crippen LogP) is 1.08. The van der Waals surface area contributed by atoms with Gasteiger partial charge in [0.15, 0.2) is 0 Å². The topological polar surface area (TPSA) is 57.6 Å². The minimum absolute atomic E-state index is 0.128. The Morgan fingerprint density at radius 1 is 1.11 bits per heavy atom. The van der Waals surface area contributed by atoms with Gasteiger partial charge in [0.1, 0.15) is 0 Å². The van der Waals surface area contributed by atoms with E-state index in [-0.39, 0.29) is 12.0 Å². The molecule has 3 atom stereocenters. The highest BCUT2D eigenvalue weighted by molar-refractivity contribution is 7.89. The number of nitrogens with zero attached hydrogens (tertiary/aromatic N) is 1. The second-order valence-electron chi connectivity index (χ2n) is 5.20. The fourth-order valence-corrected chi connectivity index (χ4v) is 4.69. The molecule has 5 heteroatoms. The van der Waals surface area contributed by atoms with E-state index in [0.717, 1.165) is 12.8 Å². The maximum atomic E-state index is 12.4. The third kappa shape index (κ3) is 1.86. The summed E-state index contributed by atoms with van der Waals surface area (Å²) in [4.78, 5) is 0.347. The van der Waals surface area contributed by atoms with Gasteiger partial charge in [-0.1, -0.05) is 18.2 Å². The van der Waals surface area contributed by atoms with Crippen LogP contribution in [0, 0.1) is 11.8 Å². The van der Waals surface area contributed by atoms with E-state index in [4.69, 9.17) is 0 Å². The Bertz CT molecular complexity index is 528. The van der Waals surface area contributed by atoms with Crippen LogP contribution in [0.15, 0.2) is 35.2 Å². The van der Waals surface area contributed by atoms with E-state index in [1.807, 2.05) is 6.07 Å². The molecule has 2 fully saturated rings. The smallest absolute Gasteiger partial charge is 0.243 e. The summed E-state index contributed by atoms with van der Waals surface area (Å²) >= 11 is 0. The minimum Gasteiger partial charge on any atom is -0.393 e. The fraction of sp³-hybridized carbons (Fsp3) is 0.538. The predicted molar refractivity (Wildman–Crippen MR) is 67.4 cm³/mol. The number of hydrogen-bond donors (Lipinski definition) is 1. The lowest BCUT2D eigenvalue weighted by atomic mass is 10.00. The second kappa shape index (κ2) is 4.33. The van der Waals surface area contributed by atoms with Crippen molar-refractivity contribution in [2.24, 2.45) is 11.8 Å². The van der Waals surface area contributed by atoms with E-state index in [0.29, 0.717) is 23.9 Å². The number of sulfonamides is 1. The molecule has 1 aliphatic heterocycles. The molecule has 1 aromatic carbocycles. The molecular formula is C13H17NO3S. The molecule has 18 heavy (non-hydrogen) atoms. The summed E-state index contributed by atoms with van der Waals surface area (Å²) in [6.45, 7) is 1.02. The van der Waals surface area contributed by atoms with Crippen LogP contribution in [0.2, 0.25) is 0 Å². The van der Waals surface area contributed by atoms with Crippen LogP contribution in [-0.4, -0.2) is 37.0 Å². The molecule has 1 aliphatic carbocycles. The van der Waals surface area contributed by atoms with Crippen molar-refractivity contribution in [2.75, 3.05) is 13.1 Å². The Balaban J connectivity index is 1.85. The van der Waals surface area contributed by atoms with Gasteiger partial charge >= 0.3 is 0 Å². The Morgan fingerprint density at radius 3 is 2.50 bits per heavy atom. The van der Waals surface area contributed by atoms with Crippen molar-refractivity contribution >= 4 is 10.0 Å². The van der Waals surface area contributed by atoms with E-state index in [1.54, 1.807) is 24.3 Å². The average Bonchev–Trinajstić information content (AvgIpc) is 2.94. The van der Waals surface area contributed by atoms with Crippen LogP contribution in [-0.2, 0) is 10.0 Å². The summed E-state index contributed by atoms with van der Waals surface area (Å²) in [7, 11) is -3.38. The maximum Gasteiger partial charge on any atom is 0.243 e. The molecule has 1 saturated carbocycles. The largest absolute Gasteiger partial charge is 0.393 e. The molecule has 3 unspecified atom stereocenters. The molecule has 98 valence electrons. The van der Waals surface area contributed by atoms with Crippen LogP contribution in [0.25, 0.3) is 0 Å². The number of aliphatic hydroxyl groups is 1. The zero-order valence-electron chi connectivity index (χ0n) is 10.1. The van der Waals surface area contributed by atoms with Crippen molar-refractivity contribution in [2.45, 2.75) is 23.8 Å². The van der Waals surface area contributed by atoms with E-state index in [1.165, 1.54) is 4.31 Å². The van der Waals surface area contributed by atoms with Crippen molar-refractivity contribution < 1.29 is 13.5 Å². The second-order valence-corrected chi connectivity index (χ2v) is 7.14. The van der Waals surface area contributed by atoms with Crippen LogP contribution >= 0.6 is 0 Å². The van der Waals surface area contributed by atoms with Crippen LogP contribution in [0.4, 0.5) is 0 Å². The molecule has 0 aromatic heterocycles. The summed E-state index contributed by atoms with van der Waals surface area (Å²) in [5.41, 5.74) is 0. The average molecular weight is 267 g/mol. The molecule has 1 heterocycles. The van der Waals surface area contributed by atoms with Gasteiger partial charge in [0, 0.05) is 19.0 Å². The van der Waals surface area contributed by atoms with Crippen molar-refractivity contribution in [1.29, 1.82) is 0 Å². The first-order chi connectivity index (χ1) is 8.59. The first-order valence-electron chi connectivity index (χ1n) is 6.32. The van der Waals surface area contributed by atoms with Crippen LogP contribution in [0.5, 0.6) is 0 Å². The normalized spacial score (nSPS) is 32.6. The molecule has 1 saturated heterocycles. The highest BCUT2D eigenvalue weighted by atomic mass is 32.2. The van der Waals surface area contributed by atoms with Crippen LogP contribution < -0.4 is 0 Å². The van der Waals surface area contributed by atoms with Gasteiger partial charge in [-0.05, 0) is 30.9 Å². The summed E-state index contributed by atoms with van der Waals surface area (Å²) in [6.07, 6.45) is 1.42.